The van der Waals surface area contributed by atoms with Gasteiger partial charge in [-0.15, -0.1) is 0 Å². The van der Waals surface area contributed by atoms with E-state index in [1.165, 1.54) is 24.8 Å². The number of nitrogens with zero attached hydrogens (tertiary/aromatic N) is 5. The maximum Gasteiger partial charge on any atom is 0.241 e. The van der Waals surface area contributed by atoms with E-state index in [-0.39, 0.29) is 0 Å². The maximum atomic E-state index is 5.43. The molecule has 0 aromatic carbocycles. The highest BCUT2D eigenvalue weighted by Crippen LogP contribution is 2.22. The summed E-state index contributed by atoms with van der Waals surface area (Å²) in [6, 6.07) is 2.28. The zero-order valence-electron chi connectivity index (χ0n) is 13.8. The van der Waals surface area contributed by atoms with Crippen molar-refractivity contribution in [3.63, 3.8) is 0 Å². The largest absolute Gasteiger partial charge is 0.472 e. The van der Waals surface area contributed by atoms with Gasteiger partial charge >= 0.3 is 0 Å². The summed E-state index contributed by atoms with van der Waals surface area (Å²) in [7, 11) is 0. The van der Waals surface area contributed by atoms with Crippen LogP contribution >= 0.6 is 0 Å². The molecule has 1 fully saturated rings. The number of aryl methyl sites for hydroxylation is 1. The zero-order valence-corrected chi connectivity index (χ0v) is 13.8. The van der Waals surface area contributed by atoms with Crippen LogP contribution in [-0.4, -0.2) is 37.4 Å². The molecular formula is C17H21N5O2. The van der Waals surface area contributed by atoms with Gasteiger partial charge in [-0.3, -0.25) is 9.58 Å². The molecule has 126 valence electrons. The summed E-state index contributed by atoms with van der Waals surface area (Å²) >= 11 is 0. The van der Waals surface area contributed by atoms with E-state index in [0.717, 1.165) is 18.7 Å². The van der Waals surface area contributed by atoms with E-state index in [2.05, 4.69) is 33.3 Å². The molecule has 1 saturated heterocycles. The monoisotopic (exact) mass is 327 g/mol. The first-order chi connectivity index (χ1) is 11.8. The van der Waals surface area contributed by atoms with E-state index in [0.29, 0.717) is 24.3 Å². The Bertz CT molecular complexity index is 777. The number of hydrogen-bond acceptors (Lipinski definition) is 6. The molecule has 0 aliphatic carbocycles. The molecule has 0 bridgehead atoms. The summed E-state index contributed by atoms with van der Waals surface area (Å²) in [5.74, 6) is 1.23. The van der Waals surface area contributed by atoms with Crippen molar-refractivity contribution in [2.24, 2.45) is 0 Å². The smallest absolute Gasteiger partial charge is 0.241 e. The molecule has 0 saturated carbocycles. The fourth-order valence-electron chi connectivity index (χ4n) is 3.26. The molecule has 0 amide bonds. The van der Waals surface area contributed by atoms with Gasteiger partial charge in [0.1, 0.15) is 6.26 Å². The molecule has 0 spiro atoms. The molecular weight excluding hydrogens is 306 g/mol. The lowest BCUT2D eigenvalue weighted by molar-refractivity contribution is 0.108. The van der Waals surface area contributed by atoms with Gasteiger partial charge in [0.25, 0.3) is 0 Å². The van der Waals surface area contributed by atoms with Gasteiger partial charge < -0.3 is 8.94 Å². The Morgan fingerprint density at radius 1 is 1.33 bits per heavy atom. The van der Waals surface area contributed by atoms with Crippen LogP contribution in [0.1, 0.15) is 30.7 Å². The van der Waals surface area contributed by atoms with Gasteiger partial charge in [-0.25, -0.2) is 0 Å². The summed E-state index contributed by atoms with van der Waals surface area (Å²) in [4.78, 5) is 6.91. The second-order valence-corrected chi connectivity index (χ2v) is 6.38. The predicted octanol–water partition coefficient (Wildman–Crippen LogP) is 2.89. The number of rotatable bonds is 5. The van der Waals surface area contributed by atoms with Crippen LogP contribution in [0.25, 0.3) is 11.4 Å². The lowest BCUT2D eigenvalue weighted by Gasteiger charge is -2.34. The SMILES string of the molecule is Cc1cnn(CC2CCCCN2Cc2nc(-c3ccoc3)no2)c1. The van der Waals surface area contributed by atoms with Crippen molar-refractivity contribution in [1.29, 1.82) is 0 Å². The van der Waals surface area contributed by atoms with Crippen molar-refractivity contribution >= 4 is 0 Å². The standard InChI is InChI=1S/C17H21N5O2/c1-13-8-18-22(9-13)10-15-4-2-3-6-21(15)11-16-19-17(20-24-16)14-5-7-23-12-14/h5,7-9,12,15H,2-4,6,10-11H2,1H3. The minimum absolute atomic E-state index is 0.447. The molecule has 0 N–H and O–H groups in total. The van der Waals surface area contributed by atoms with Gasteiger partial charge in [-0.2, -0.15) is 10.1 Å². The van der Waals surface area contributed by atoms with Crippen LogP contribution in [0.3, 0.4) is 0 Å². The molecule has 1 aliphatic heterocycles. The van der Waals surface area contributed by atoms with Gasteiger partial charge in [-0.1, -0.05) is 11.6 Å². The average Bonchev–Trinajstić information content (AvgIpc) is 3.31. The lowest BCUT2D eigenvalue weighted by Crippen LogP contribution is -2.41. The van der Waals surface area contributed by atoms with E-state index >= 15 is 0 Å². The van der Waals surface area contributed by atoms with Crippen LogP contribution in [0, 0.1) is 6.92 Å². The predicted molar refractivity (Wildman–Crippen MR) is 87.0 cm³/mol. The Labute approximate surface area is 140 Å². The van der Waals surface area contributed by atoms with Crippen LogP contribution in [0.2, 0.25) is 0 Å². The van der Waals surface area contributed by atoms with Crippen molar-refractivity contribution in [3.05, 3.63) is 42.4 Å². The van der Waals surface area contributed by atoms with E-state index in [1.807, 2.05) is 16.9 Å². The van der Waals surface area contributed by atoms with Crippen LogP contribution in [0.15, 0.2) is 39.9 Å². The fourth-order valence-corrected chi connectivity index (χ4v) is 3.26. The van der Waals surface area contributed by atoms with Crippen molar-refractivity contribution in [1.82, 2.24) is 24.8 Å². The molecule has 3 aromatic rings. The van der Waals surface area contributed by atoms with Crippen molar-refractivity contribution in [2.45, 2.75) is 45.3 Å². The van der Waals surface area contributed by atoms with E-state index in [9.17, 15) is 0 Å². The first kappa shape index (κ1) is 15.1. The Morgan fingerprint density at radius 2 is 2.29 bits per heavy atom. The van der Waals surface area contributed by atoms with Gasteiger partial charge in [0.05, 0.1) is 31.1 Å². The summed E-state index contributed by atoms with van der Waals surface area (Å²) in [6.07, 6.45) is 10.9. The number of furan rings is 1. The second-order valence-electron chi connectivity index (χ2n) is 6.38. The topological polar surface area (TPSA) is 73.1 Å². The van der Waals surface area contributed by atoms with E-state index in [1.54, 1.807) is 12.5 Å². The minimum atomic E-state index is 0.447. The quantitative estimate of drug-likeness (QED) is 0.717. The number of hydrogen-bond donors (Lipinski definition) is 0. The van der Waals surface area contributed by atoms with Crippen molar-refractivity contribution in [2.75, 3.05) is 6.54 Å². The highest BCUT2D eigenvalue weighted by Gasteiger charge is 2.25. The molecule has 1 unspecified atom stereocenters. The molecule has 7 heteroatoms. The van der Waals surface area contributed by atoms with Gasteiger partial charge in [0.2, 0.25) is 11.7 Å². The van der Waals surface area contributed by atoms with Crippen molar-refractivity contribution in [3.8, 4) is 11.4 Å². The first-order valence-corrected chi connectivity index (χ1v) is 8.36. The third-order valence-electron chi connectivity index (χ3n) is 4.50. The Balaban J connectivity index is 1.45. The molecule has 1 aliphatic rings. The Morgan fingerprint density at radius 3 is 3.08 bits per heavy atom. The molecule has 1 atom stereocenters. The van der Waals surface area contributed by atoms with E-state index in [4.69, 9.17) is 8.94 Å². The summed E-state index contributed by atoms with van der Waals surface area (Å²) in [6.45, 7) is 4.69. The van der Waals surface area contributed by atoms with Crippen LogP contribution in [0.5, 0.6) is 0 Å². The molecule has 7 nitrogen and oxygen atoms in total. The zero-order chi connectivity index (χ0) is 16.4. The van der Waals surface area contributed by atoms with E-state index < -0.39 is 0 Å². The average molecular weight is 327 g/mol. The third-order valence-corrected chi connectivity index (χ3v) is 4.50. The highest BCUT2D eigenvalue weighted by molar-refractivity contribution is 5.51. The maximum absolute atomic E-state index is 5.43. The van der Waals surface area contributed by atoms with Crippen LogP contribution < -0.4 is 0 Å². The number of aromatic nitrogens is 4. The van der Waals surface area contributed by atoms with Crippen LogP contribution in [-0.2, 0) is 13.1 Å². The summed E-state index contributed by atoms with van der Waals surface area (Å²) in [5.41, 5.74) is 2.03. The Hall–Kier alpha value is -2.41. The van der Waals surface area contributed by atoms with Gasteiger partial charge in [-0.05, 0) is 37.9 Å². The number of piperidine rings is 1. The summed E-state index contributed by atoms with van der Waals surface area (Å²) in [5, 5.41) is 8.46. The molecule has 24 heavy (non-hydrogen) atoms. The lowest BCUT2D eigenvalue weighted by atomic mass is 10.0. The molecule has 4 rings (SSSR count). The molecule has 4 heterocycles. The highest BCUT2D eigenvalue weighted by atomic mass is 16.5. The van der Waals surface area contributed by atoms with Gasteiger partial charge in [0.15, 0.2) is 0 Å². The second kappa shape index (κ2) is 6.60. The summed E-state index contributed by atoms with van der Waals surface area (Å²) < 4.78 is 12.5. The van der Waals surface area contributed by atoms with Crippen LogP contribution in [0.4, 0.5) is 0 Å². The number of likely N-dealkylation sites (tertiary alicyclic amines) is 1. The Kier molecular flexibility index (Phi) is 4.17. The minimum Gasteiger partial charge on any atom is -0.472 e. The fraction of sp³-hybridized carbons (Fsp3) is 0.471. The third kappa shape index (κ3) is 3.26. The molecule has 0 radical (unpaired) electrons. The normalized spacial score (nSPS) is 19.0. The van der Waals surface area contributed by atoms with Gasteiger partial charge in [0, 0.05) is 12.2 Å². The van der Waals surface area contributed by atoms with Crippen molar-refractivity contribution < 1.29 is 8.94 Å². The first-order valence-electron chi connectivity index (χ1n) is 8.36. The molecule has 3 aromatic heterocycles.